The molecule has 0 heterocycles. The van der Waals surface area contributed by atoms with Gasteiger partial charge < -0.3 is 0 Å². The molecule has 1 atom stereocenters. The van der Waals surface area contributed by atoms with Gasteiger partial charge in [0.1, 0.15) is 0 Å². The van der Waals surface area contributed by atoms with Gasteiger partial charge in [-0.1, -0.05) is 65.5 Å². The van der Waals surface area contributed by atoms with Crippen LogP contribution in [-0.2, 0) is 0 Å². The summed E-state index contributed by atoms with van der Waals surface area (Å²) in [5.74, 6) is 1.50. The first-order chi connectivity index (χ1) is 6.07. The van der Waals surface area contributed by atoms with Gasteiger partial charge in [0.05, 0.1) is 0 Å². The molecule has 0 N–H and O–H groups in total. The molecule has 0 aliphatic rings. The van der Waals surface area contributed by atoms with Crippen LogP contribution in [0.15, 0.2) is 12.2 Å². The minimum Gasteiger partial charge on any atom is -0.0996 e. The molecule has 13 heavy (non-hydrogen) atoms. The van der Waals surface area contributed by atoms with E-state index in [4.69, 9.17) is 0 Å². The van der Waals surface area contributed by atoms with Crippen LogP contribution in [0.1, 0.15) is 59.8 Å². The molecule has 0 aliphatic heterocycles. The van der Waals surface area contributed by atoms with Crippen LogP contribution in [0.2, 0.25) is 0 Å². The number of allylic oxidation sites excluding steroid dienone is 1. The lowest BCUT2D eigenvalue weighted by Gasteiger charge is -2.15. The lowest BCUT2D eigenvalue weighted by atomic mass is 9.91. The van der Waals surface area contributed by atoms with E-state index in [1.807, 2.05) is 0 Å². The summed E-state index contributed by atoms with van der Waals surface area (Å²) in [6.45, 7) is 13.2. The Hall–Kier alpha value is -0.260. The fourth-order valence-corrected chi connectivity index (χ4v) is 1.53. The van der Waals surface area contributed by atoms with Gasteiger partial charge in [-0.25, -0.2) is 0 Å². The summed E-state index contributed by atoms with van der Waals surface area (Å²) in [6, 6.07) is 0. The minimum absolute atomic E-state index is 0.661. The van der Waals surface area contributed by atoms with Crippen molar-refractivity contribution in [3.05, 3.63) is 12.2 Å². The molecule has 0 aromatic rings. The molecule has 0 spiro atoms. The first-order valence-corrected chi connectivity index (χ1v) is 5.75. The van der Waals surface area contributed by atoms with E-state index in [9.17, 15) is 0 Å². The standard InChI is InChI=1S/C13H26/c1-6-7-8-9-12(4)10-13(5)11(2)3/h11-12H,5-10H2,1-4H3. The summed E-state index contributed by atoms with van der Waals surface area (Å²) in [5, 5.41) is 0. The van der Waals surface area contributed by atoms with Crippen LogP contribution in [-0.4, -0.2) is 0 Å². The minimum atomic E-state index is 0.661. The monoisotopic (exact) mass is 182 g/mol. The average molecular weight is 182 g/mol. The van der Waals surface area contributed by atoms with Gasteiger partial charge in [-0.05, 0) is 18.3 Å². The Balaban J connectivity index is 3.50. The molecule has 0 saturated carbocycles. The molecule has 0 fully saturated rings. The van der Waals surface area contributed by atoms with E-state index in [2.05, 4.69) is 34.3 Å². The summed E-state index contributed by atoms with van der Waals surface area (Å²) < 4.78 is 0. The third kappa shape index (κ3) is 6.86. The zero-order chi connectivity index (χ0) is 10.3. The fourth-order valence-electron chi connectivity index (χ4n) is 1.53. The molecular weight excluding hydrogens is 156 g/mol. The highest BCUT2D eigenvalue weighted by molar-refractivity contribution is 4.98. The maximum absolute atomic E-state index is 4.12. The van der Waals surface area contributed by atoms with Crippen molar-refractivity contribution >= 4 is 0 Å². The van der Waals surface area contributed by atoms with Crippen molar-refractivity contribution in [3.8, 4) is 0 Å². The maximum atomic E-state index is 4.12. The highest BCUT2D eigenvalue weighted by Gasteiger charge is 2.06. The van der Waals surface area contributed by atoms with Crippen LogP contribution >= 0.6 is 0 Å². The zero-order valence-electron chi connectivity index (χ0n) is 9.90. The number of unbranched alkanes of at least 4 members (excludes halogenated alkanes) is 2. The molecule has 0 bridgehead atoms. The number of hydrogen-bond donors (Lipinski definition) is 0. The quantitative estimate of drug-likeness (QED) is 0.392. The SMILES string of the molecule is C=C(CC(C)CCCCC)C(C)C. The lowest BCUT2D eigenvalue weighted by molar-refractivity contribution is 0.475. The number of hydrogen-bond acceptors (Lipinski definition) is 0. The normalized spacial score (nSPS) is 13.3. The van der Waals surface area contributed by atoms with Crippen LogP contribution in [0.4, 0.5) is 0 Å². The molecule has 0 aromatic carbocycles. The summed E-state index contributed by atoms with van der Waals surface area (Å²) >= 11 is 0. The molecule has 1 unspecified atom stereocenters. The van der Waals surface area contributed by atoms with Crippen molar-refractivity contribution < 1.29 is 0 Å². The Morgan fingerprint density at radius 3 is 2.23 bits per heavy atom. The predicted molar refractivity (Wildman–Crippen MR) is 61.9 cm³/mol. The van der Waals surface area contributed by atoms with E-state index in [-0.39, 0.29) is 0 Å². The van der Waals surface area contributed by atoms with Gasteiger partial charge in [-0.3, -0.25) is 0 Å². The third-order valence-electron chi connectivity index (χ3n) is 2.73. The van der Waals surface area contributed by atoms with Crippen molar-refractivity contribution in [1.29, 1.82) is 0 Å². The van der Waals surface area contributed by atoms with Gasteiger partial charge in [0.25, 0.3) is 0 Å². The molecule has 0 rings (SSSR count). The Morgan fingerprint density at radius 2 is 1.77 bits per heavy atom. The van der Waals surface area contributed by atoms with E-state index in [1.54, 1.807) is 0 Å². The second kappa shape index (κ2) is 7.17. The van der Waals surface area contributed by atoms with Crippen LogP contribution < -0.4 is 0 Å². The first-order valence-electron chi connectivity index (χ1n) is 5.75. The second-order valence-electron chi connectivity index (χ2n) is 4.62. The van der Waals surface area contributed by atoms with Crippen LogP contribution in [0.3, 0.4) is 0 Å². The van der Waals surface area contributed by atoms with Crippen molar-refractivity contribution in [3.63, 3.8) is 0 Å². The van der Waals surface area contributed by atoms with Crippen molar-refractivity contribution in [2.45, 2.75) is 59.8 Å². The lowest BCUT2D eigenvalue weighted by Crippen LogP contribution is -2.01. The molecule has 0 nitrogen and oxygen atoms in total. The average Bonchev–Trinajstić information content (AvgIpc) is 2.04. The van der Waals surface area contributed by atoms with Crippen molar-refractivity contribution in [2.75, 3.05) is 0 Å². The third-order valence-corrected chi connectivity index (χ3v) is 2.73. The Kier molecular flexibility index (Phi) is 7.03. The van der Waals surface area contributed by atoms with Crippen molar-refractivity contribution in [2.24, 2.45) is 11.8 Å². The second-order valence-corrected chi connectivity index (χ2v) is 4.62. The van der Waals surface area contributed by atoms with Gasteiger partial charge in [0, 0.05) is 0 Å². The Bertz CT molecular complexity index is 133. The molecule has 0 radical (unpaired) electrons. The predicted octanol–water partition coefficient (Wildman–Crippen LogP) is 4.81. The molecule has 0 aliphatic carbocycles. The van der Waals surface area contributed by atoms with E-state index in [0.717, 1.165) is 5.92 Å². The fraction of sp³-hybridized carbons (Fsp3) is 0.846. The maximum Gasteiger partial charge on any atom is -0.0263 e. The number of rotatable bonds is 7. The first kappa shape index (κ1) is 12.7. The van der Waals surface area contributed by atoms with Gasteiger partial charge in [-0.15, -0.1) is 0 Å². The largest absolute Gasteiger partial charge is 0.0996 e. The van der Waals surface area contributed by atoms with Crippen LogP contribution in [0.25, 0.3) is 0 Å². The van der Waals surface area contributed by atoms with Gasteiger partial charge in [0.2, 0.25) is 0 Å². The summed E-state index contributed by atoms with van der Waals surface area (Å²) in [5.41, 5.74) is 1.42. The van der Waals surface area contributed by atoms with Crippen LogP contribution in [0.5, 0.6) is 0 Å². The molecule has 78 valence electrons. The van der Waals surface area contributed by atoms with E-state index >= 15 is 0 Å². The summed E-state index contributed by atoms with van der Waals surface area (Å²) in [6.07, 6.45) is 6.71. The topological polar surface area (TPSA) is 0 Å². The van der Waals surface area contributed by atoms with Gasteiger partial charge in [0.15, 0.2) is 0 Å². The molecule has 0 saturated heterocycles. The van der Waals surface area contributed by atoms with Crippen molar-refractivity contribution in [1.82, 2.24) is 0 Å². The molecule has 0 aromatic heterocycles. The Morgan fingerprint density at radius 1 is 1.15 bits per heavy atom. The van der Waals surface area contributed by atoms with Gasteiger partial charge >= 0.3 is 0 Å². The summed E-state index contributed by atoms with van der Waals surface area (Å²) in [7, 11) is 0. The zero-order valence-corrected chi connectivity index (χ0v) is 9.90. The smallest absolute Gasteiger partial charge is 0.0263 e. The molecule has 0 amide bonds. The molecule has 0 heteroatoms. The van der Waals surface area contributed by atoms with E-state index < -0.39 is 0 Å². The van der Waals surface area contributed by atoms with Crippen LogP contribution in [0, 0.1) is 11.8 Å². The van der Waals surface area contributed by atoms with E-state index in [1.165, 1.54) is 37.7 Å². The molecular formula is C13H26. The Labute approximate surface area is 84.4 Å². The highest BCUT2D eigenvalue weighted by atomic mass is 14.1. The van der Waals surface area contributed by atoms with E-state index in [0.29, 0.717) is 5.92 Å². The highest BCUT2D eigenvalue weighted by Crippen LogP contribution is 2.21. The van der Waals surface area contributed by atoms with Gasteiger partial charge in [-0.2, -0.15) is 0 Å². The summed E-state index contributed by atoms with van der Waals surface area (Å²) in [4.78, 5) is 0.